The molecule has 1 aliphatic rings. The van der Waals surface area contributed by atoms with E-state index >= 15 is 0 Å². The number of fused-ring (bicyclic) bond motifs is 1. The Morgan fingerprint density at radius 1 is 0.974 bits per heavy atom. The molecule has 1 aliphatic carbocycles. The van der Waals surface area contributed by atoms with Gasteiger partial charge in [-0.2, -0.15) is 0 Å². The molecule has 1 N–H and O–H groups in total. The molecule has 5 rings (SSSR count). The normalized spacial score (nSPS) is 14.2. The van der Waals surface area contributed by atoms with E-state index in [4.69, 9.17) is 9.47 Å². The van der Waals surface area contributed by atoms with Crippen molar-refractivity contribution in [3.8, 4) is 11.5 Å². The maximum absolute atomic E-state index is 14.2. The highest BCUT2D eigenvalue weighted by Gasteiger charge is 2.36. The van der Waals surface area contributed by atoms with Gasteiger partial charge in [-0.15, -0.1) is 5.10 Å². The zero-order valence-corrected chi connectivity index (χ0v) is 22.2. The van der Waals surface area contributed by atoms with E-state index < -0.39 is 6.04 Å². The van der Waals surface area contributed by atoms with Gasteiger partial charge in [0.25, 0.3) is 0 Å². The van der Waals surface area contributed by atoms with E-state index in [1.165, 1.54) is 7.11 Å². The number of nitrogens with one attached hydrogen (secondary N) is 1. The van der Waals surface area contributed by atoms with Crippen LogP contribution in [0.3, 0.4) is 0 Å². The summed E-state index contributed by atoms with van der Waals surface area (Å²) in [5.41, 5.74) is 2.90. The van der Waals surface area contributed by atoms with Crippen LogP contribution in [-0.2, 0) is 22.7 Å². The number of methoxy groups -OCH3 is 2. The van der Waals surface area contributed by atoms with Crippen LogP contribution in [0.2, 0.25) is 0 Å². The molecule has 0 spiro atoms. The van der Waals surface area contributed by atoms with Crippen molar-refractivity contribution >= 4 is 22.8 Å². The molecule has 0 bridgehead atoms. The first kappa shape index (κ1) is 26.2. The van der Waals surface area contributed by atoms with E-state index in [0.29, 0.717) is 22.6 Å². The van der Waals surface area contributed by atoms with Crippen molar-refractivity contribution in [2.24, 2.45) is 0 Å². The van der Waals surface area contributed by atoms with Gasteiger partial charge in [-0.1, -0.05) is 72.7 Å². The second kappa shape index (κ2) is 12.0. The molecule has 0 aliphatic heterocycles. The Bertz CT molecular complexity index is 1430. The minimum Gasteiger partial charge on any atom is -0.493 e. The van der Waals surface area contributed by atoms with Crippen LogP contribution in [0.5, 0.6) is 11.5 Å². The van der Waals surface area contributed by atoms with Crippen molar-refractivity contribution in [2.75, 3.05) is 14.2 Å². The first-order valence-corrected chi connectivity index (χ1v) is 13.2. The lowest BCUT2D eigenvalue weighted by Crippen LogP contribution is -2.46. The molecular weight excluding hydrogens is 494 g/mol. The molecule has 1 aromatic heterocycles. The number of aromatic nitrogens is 3. The summed E-state index contributed by atoms with van der Waals surface area (Å²) in [6.07, 6.45) is 3.99. The van der Waals surface area contributed by atoms with Crippen molar-refractivity contribution in [3.63, 3.8) is 0 Å². The number of hydrogen-bond acceptors (Lipinski definition) is 6. The molecular formula is C30H33N5O4. The van der Waals surface area contributed by atoms with Gasteiger partial charge in [0.15, 0.2) is 11.5 Å². The number of carbonyl (C=O) groups is 2. The van der Waals surface area contributed by atoms with E-state index in [1.807, 2.05) is 66.7 Å². The number of benzene rings is 3. The average molecular weight is 528 g/mol. The van der Waals surface area contributed by atoms with E-state index in [9.17, 15) is 9.59 Å². The van der Waals surface area contributed by atoms with Crippen LogP contribution in [0.25, 0.3) is 11.0 Å². The predicted octanol–water partition coefficient (Wildman–Crippen LogP) is 4.28. The maximum Gasteiger partial charge on any atom is 0.247 e. The van der Waals surface area contributed by atoms with Gasteiger partial charge >= 0.3 is 0 Å². The first-order chi connectivity index (χ1) is 19.1. The lowest BCUT2D eigenvalue weighted by atomic mass is 10.0. The summed E-state index contributed by atoms with van der Waals surface area (Å²) in [6.45, 7) is 0.141. The maximum atomic E-state index is 14.2. The lowest BCUT2D eigenvalue weighted by molar-refractivity contribution is -0.142. The summed E-state index contributed by atoms with van der Waals surface area (Å²) < 4.78 is 12.9. The molecule has 1 atom stereocenters. The fourth-order valence-electron chi connectivity index (χ4n) is 5.28. The van der Waals surface area contributed by atoms with Gasteiger partial charge in [-0.05, 0) is 36.6 Å². The summed E-state index contributed by atoms with van der Waals surface area (Å²) in [4.78, 5) is 29.8. The standard InChI is InChI=1S/C30H33N5O4/c1-38-26-18-10-15-23(29(26)39-2)28(30(37)31-22-13-6-7-14-22)34(19-21-11-4-3-5-12-21)27(36)20-35-25-17-9-8-16-24(25)32-33-35/h3-5,8-12,15-18,22,28H,6-7,13-14,19-20H2,1-2H3,(H,31,37)/t28-/m1/s1. The van der Waals surface area contributed by atoms with Gasteiger partial charge < -0.3 is 19.7 Å². The second-order valence-electron chi connectivity index (χ2n) is 9.72. The summed E-state index contributed by atoms with van der Waals surface area (Å²) >= 11 is 0. The Hall–Kier alpha value is -4.40. The Kier molecular flexibility index (Phi) is 8.05. The third-order valence-electron chi connectivity index (χ3n) is 7.21. The summed E-state index contributed by atoms with van der Waals surface area (Å²) in [5, 5.41) is 11.6. The summed E-state index contributed by atoms with van der Waals surface area (Å²) in [5.74, 6) is 0.388. The van der Waals surface area contributed by atoms with Gasteiger partial charge in [0.05, 0.1) is 19.7 Å². The van der Waals surface area contributed by atoms with Crippen LogP contribution in [0.4, 0.5) is 0 Å². The largest absolute Gasteiger partial charge is 0.493 e. The third kappa shape index (κ3) is 5.72. The number of ether oxygens (including phenoxy) is 2. The van der Waals surface area contributed by atoms with Gasteiger partial charge in [0, 0.05) is 18.2 Å². The third-order valence-corrected chi connectivity index (χ3v) is 7.21. The zero-order chi connectivity index (χ0) is 27.2. The fraction of sp³-hybridized carbons (Fsp3) is 0.333. The van der Waals surface area contributed by atoms with Gasteiger partial charge in [-0.3, -0.25) is 9.59 Å². The van der Waals surface area contributed by atoms with Crippen molar-refractivity contribution in [1.82, 2.24) is 25.2 Å². The van der Waals surface area contributed by atoms with Crippen molar-refractivity contribution in [3.05, 3.63) is 83.9 Å². The van der Waals surface area contributed by atoms with Gasteiger partial charge in [-0.25, -0.2) is 4.68 Å². The quantitative estimate of drug-likeness (QED) is 0.331. The smallest absolute Gasteiger partial charge is 0.247 e. The highest BCUT2D eigenvalue weighted by Crippen LogP contribution is 2.38. The Morgan fingerprint density at radius 2 is 1.72 bits per heavy atom. The highest BCUT2D eigenvalue weighted by molar-refractivity contribution is 5.90. The molecule has 0 saturated heterocycles. The number of hydrogen-bond donors (Lipinski definition) is 1. The van der Waals surface area contributed by atoms with Crippen molar-refractivity contribution in [1.29, 1.82) is 0 Å². The van der Waals surface area contributed by atoms with Crippen LogP contribution >= 0.6 is 0 Å². The SMILES string of the molecule is COc1cccc([C@H](C(=O)NC2CCCC2)N(Cc2ccccc2)C(=O)Cn2nnc3ccccc32)c1OC. The predicted molar refractivity (Wildman–Crippen MR) is 147 cm³/mol. The first-order valence-electron chi connectivity index (χ1n) is 13.2. The van der Waals surface area contributed by atoms with Gasteiger partial charge in [0.1, 0.15) is 18.1 Å². The number of nitrogens with zero attached hydrogens (tertiary/aromatic N) is 4. The Labute approximate surface area is 227 Å². The molecule has 1 fully saturated rings. The molecule has 202 valence electrons. The van der Waals surface area contributed by atoms with Gasteiger partial charge in [0.2, 0.25) is 11.8 Å². The minimum absolute atomic E-state index is 0.0736. The second-order valence-corrected chi connectivity index (χ2v) is 9.72. The Morgan fingerprint density at radius 3 is 2.46 bits per heavy atom. The fourth-order valence-corrected chi connectivity index (χ4v) is 5.28. The van der Waals surface area contributed by atoms with Crippen molar-refractivity contribution in [2.45, 2.75) is 50.9 Å². The molecule has 3 aromatic carbocycles. The highest BCUT2D eigenvalue weighted by atomic mass is 16.5. The topological polar surface area (TPSA) is 98.6 Å². The molecule has 39 heavy (non-hydrogen) atoms. The zero-order valence-electron chi connectivity index (χ0n) is 22.2. The summed E-state index contributed by atoms with van der Waals surface area (Å²) in [6, 6.07) is 21.7. The molecule has 9 heteroatoms. The Balaban J connectivity index is 1.58. The van der Waals surface area contributed by atoms with Crippen molar-refractivity contribution < 1.29 is 19.1 Å². The van der Waals surface area contributed by atoms with E-state index in [-0.39, 0.29) is 30.9 Å². The molecule has 4 aromatic rings. The number of rotatable bonds is 10. The van der Waals surface area contributed by atoms with Crippen LogP contribution < -0.4 is 14.8 Å². The minimum atomic E-state index is -0.960. The average Bonchev–Trinajstić information content (AvgIpc) is 3.63. The molecule has 9 nitrogen and oxygen atoms in total. The van der Waals surface area contributed by atoms with E-state index in [2.05, 4.69) is 15.6 Å². The molecule has 2 amide bonds. The van der Waals surface area contributed by atoms with Crippen LogP contribution in [-0.4, -0.2) is 52.0 Å². The van der Waals surface area contributed by atoms with E-state index in [0.717, 1.165) is 36.8 Å². The number of para-hydroxylation sites is 2. The molecule has 0 radical (unpaired) electrons. The van der Waals surface area contributed by atoms with Crippen LogP contribution in [0, 0.1) is 0 Å². The monoisotopic (exact) mass is 527 g/mol. The van der Waals surface area contributed by atoms with Crippen LogP contribution in [0.15, 0.2) is 72.8 Å². The molecule has 0 unspecified atom stereocenters. The number of carbonyl (C=O) groups excluding carboxylic acids is 2. The molecule has 1 saturated carbocycles. The van der Waals surface area contributed by atoms with Crippen LogP contribution in [0.1, 0.15) is 42.9 Å². The molecule has 1 heterocycles. The summed E-state index contributed by atoms with van der Waals surface area (Å²) in [7, 11) is 3.09. The number of amides is 2. The lowest BCUT2D eigenvalue weighted by Gasteiger charge is -2.33. The van der Waals surface area contributed by atoms with E-state index in [1.54, 1.807) is 22.8 Å².